The van der Waals surface area contributed by atoms with Crippen molar-refractivity contribution in [3.63, 3.8) is 0 Å². The van der Waals surface area contributed by atoms with Gasteiger partial charge in [-0.3, -0.25) is 5.10 Å². The van der Waals surface area contributed by atoms with Gasteiger partial charge in [-0.15, -0.1) is 0 Å². The number of H-pyrrole nitrogens is 1. The molecular weight excluding hydrogens is 446 g/mol. The molecule has 0 saturated carbocycles. The molecule has 2 aromatic heterocycles. The predicted molar refractivity (Wildman–Crippen MR) is 109 cm³/mol. The first kappa shape index (κ1) is 22.4. The number of aliphatic hydroxyl groups excluding tert-OH is 2. The zero-order chi connectivity index (χ0) is 23.7. The summed E-state index contributed by atoms with van der Waals surface area (Å²) in [7, 11) is 0. The topological polar surface area (TPSA) is 107 Å². The molecule has 2 atom stereocenters. The van der Waals surface area contributed by atoms with Crippen LogP contribution in [-0.2, 0) is 0 Å². The number of benzene rings is 2. The highest BCUT2D eigenvalue weighted by molar-refractivity contribution is 5.89. The maximum absolute atomic E-state index is 15.3. The summed E-state index contributed by atoms with van der Waals surface area (Å²) in [6.45, 7) is 0.658. The van der Waals surface area contributed by atoms with E-state index < -0.39 is 59.2 Å². The molecule has 0 saturated heterocycles. The largest absolute Gasteiger partial charge is 0.454 e. The molecule has 2 aromatic carbocycles. The highest BCUT2D eigenvalue weighted by atomic mass is 19.1. The number of aromatic amines is 1. The standard InChI is InChI=1S/C21H17F4N5O3/c1-10(32)17(8-31)30(21-13-7-28-29-20(13)26-9-27-21)19-15(24)5-12(6-16(19)25)33-18-3-2-11(22)4-14(18)23/h2-7,9-10,17,31-32H,8H2,1H3,(H,26,27,28,29). The minimum absolute atomic E-state index is 0.0234. The number of aromatic nitrogens is 4. The van der Waals surface area contributed by atoms with Gasteiger partial charge in [-0.2, -0.15) is 5.10 Å². The number of anilines is 2. The van der Waals surface area contributed by atoms with Gasteiger partial charge in [-0.1, -0.05) is 0 Å². The Morgan fingerprint density at radius 2 is 1.79 bits per heavy atom. The van der Waals surface area contributed by atoms with E-state index in [1.54, 1.807) is 0 Å². The van der Waals surface area contributed by atoms with Crippen molar-refractivity contribution in [3.8, 4) is 11.5 Å². The quantitative estimate of drug-likeness (QED) is 0.360. The van der Waals surface area contributed by atoms with E-state index in [-0.39, 0.29) is 16.9 Å². The Morgan fingerprint density at radius 3 is 2.42 bits per heavy atom. The molecule has 0 spiro atoms. The average Bonchev–Trinajstić information content (AvgIpc) is 3.23. The summed E-state index contributed by atoms with van der Waals surface area (Å²) < 4.78 is 62.7. The van der Waals surface area contributed by atoms with Gasteiger partial charge in [0.15, 0.2) is 28.8 Å². The molecule has 0 aliphatic rings. The van der Waals surface area contributed by atoms with Gasteiger partial charge in [0.2, 0.25) is 0 Å². The van der Waals surface area contributed by atoms with E-state index in [0.29, 0.717) is 6.07 Å². The molecule has 2 heterocycles. The summed E-state index contributed by atoms with van der Waals surface area (Å²) in [5.74, 6) is -5.06. The van der Waals surface area contributed by atoms with Crippen molar-refractivity contribution in [2.75, 3.05) is 11.5 Å². The van der Waals surface area contributed by atoms with Gasteiger partial charge >= 0.3 is 0 Å². The number of fused-ring (bicyclic) bond motifs is 1. The van der Waals surface area contributed by atoms with E-state index in [1.165, 1.54) is 13.1 Å². The van der Waals surface area contributed by atoms with Gasteiger partial charge in [0.1, 0.15) is 29.4 Å². The number of rotatable bonds is 7. The lowest BCUT2D eigenvalue weighted by Crippen LogP contribution is -2.43. The molecule has 0 fully saturated rings. The van der Waals surface area contributed by atoms with Crippen LogP contribution in [0.25, 0.3) is 11.0 Å². The first-order chi connectivity index (χ1) is 15.8. The maximum atomic E-state index is 15.3. The SMILES string of the molecule is CC(O)C(CO)N(c1c(F)cc(Oc2ccc(F)cc2F)cc1F)c1ncnc2[nH]ncc12. The van der Waals surface area contributed by atoms with Crippen molar-refractivity contribution in [3.05, 3.63) is 66.1 Å². The molecule has 3 N–H and O–H groups in total. The van der Waals surface area contributed by atoms with Gasteiger partial charge < -0.3 is 19.8 Å². The molecule has 33 heavy (non-hydrogen) atoms. The molecule has 0 amide bonds. The number of aliphatic hydroxyl groups is 2. The molecule has 0 aliphatic carbocycles. The molecule has 0 bridgehead atoms. The van der Waals surface area contributed by atoms with Crippen molar-refractivity contribution in [2.45, 2.75) is 19.1 Å². The Hall–Kier alpha value is -3.77. The van der Waals surface area contributed by atoms with E-state index in [2.05, 4.69) is 20.2 Å². The molecule has 4 aromatic rings. The lowest BCUT2D eigenvalue weighted by molar-refractivity contribution is 0.122. The third-order valence-corrected chi connectivity index (χ3v) is 4.88. The molecule has 172 valence electrons. The van der Waals surface area contributed by atoms with E-state index in [4.69, 9.17) is 4.74 Å². The van der Waals surface area contributed by atoms with Crippen molar-refractivity contribution in [1.29, 1.82) is 0 Å². The van der Waals surface area contributed by atoms with E-state index in [1.807, 2.05) is 0 Å². The van der Waals surface area contributed by atoms with Crippen molar-refractivity contribution in [1.82, 2.24) is 20.2 Å². The van der Waals surface area contributed by atoms with E-state index >= 15 is 8.78 Å². The summed E-state index contributed by atoms with van der Waals surface area (Å²) in [4.78, 5) is 9.06. The van der Waals surface area contributed by atoms with Crippen LogP contribution in [0.2, 0.25) is 0 Å². The second-order valence-corrected chi connectivity index (χ2v) is 7.10. The van der Waals surface area contributed by atoms with Crippen LogP contribution in [0.5, 0.6) is 11.5 Å². The number of hydrogen-bond acceptors (Lipinski definition) is 7. The second kappa shape index (κ2) is 9.00. The van der Waals surface area contributed by atoms with Crippen LogP contribution < -0.4 is 9.64 Å². The van der Waals surface area contributed by atoms with Crippen molar-refractivity contribution < 1.29 is 32.5 Å². The second-order valence-electron chi connectivity index (χ2n) is 7.10. The maximum Gasteiger partial charge on any atom is 0.168 e. The normalized spacial score (nSPS) is 13.2. The van der Waals surface area contributed by atoms with Crippen LogP contribution in [0.3, 0.4) is 0 Å². The molecule has 12 heteroatoms. The van der Waals surface area contributed by atoms with Crippen LogP contribution >= 0.6 is 0 Å². The van der Waals surface area contributed by atoms with Gasteiger partial charge in [0.25, 0.3) is 0 Å². The summed E-state index contributed by atoms with van der Waals surface area (Å²) in [6.07, 6.45) is 1.22. The number of hydrogen-bond donors (Lipinski definition) is 3. The molecule has 8 nitrogen and oxygen atoms in total. The predicted octanol–water partition coefficient (Wildman–Crippen LogP) is 3.58. The van der Waals surface area contributed by atoms with Crippen LogP contribution in [0.1, 0.15) is 6.92 Å². The first-order valence-electron chi connectivity index (χ1n) is 9.64. The Labute approximate surface area is 184 Å². The third-order valence-electron chi connectivity index (χ3n) is 4.88. The number of ether oxygens (including phenoxy) is 1. The fraction of sp³-hybridized carbons (Fsp3) is 0.190. The lowest BCUT2D eigenvalue weighted by Gasteiger charge is -2.34. The van der Waals surface area contributed by atoms with Crippen molar-refractivity contribution >= 4 is 22.5 Å². The van der Waals surface area contributed by atoms with Crippen molar-refractivity contribution in [2.24, 2.45) is 0 Å². The van der Waals surface area contributed by atoms with Crippen LogP contribution in [0.4, 0.5) is 29.1 Å². The number of nitrogens with one attached hydrogen (secondary N) is 1. The van der Waals surface area contributed by atoms with Crippen LogP contribution in [-0.4, -0.2) is 49.1 Å². The highest BCUT2D eigenvalue weighted by Crippen LogP contribution is 2.38. The first-order valence-corrected chi connectivity index (χ1v) is 9.64. The smallest absolute Gasteiger partial charge is 0.168 e. The Kier molecular flexibility index (Phi) is 6.11. The average molecular weight is 463 g/mol. The van der Waals surface area contributed by atoms with Gasteiger partial charge in [-0.05, 0) is 19.1 Å². The Bertz CT molecular complexity index is 1280. The monoisotopic (exact) mass is 463 g/mol. The van der Waals surface area contributed by atoms with E-state index in [0.717, 1.165) is 35.5 Å². The summed E-state index contributed by atoms with van der Waals surface area (Å²) >= 11 is 0. The summed E-state index contributed by atoms with van der Waals surface area (Å²) in [5, 5.41) is 26.8. The minimum atomic E-state index is -1.24. The number of nitrogens with zero attached hydrogens (tertiary/aromatic N) is 4. The zero-order valence-corrected chi connectivity index (χ0v) is 17.0. The molecule has 0 aliphatic heterocycles. The van der Waals surface area contributed by atoms with Crippen LogP contribution in [0, 0.1) is 23.3 Å². The van der Waals surface area contributed by atoms with E-state index in [9.17, 15) is 19.0 Å². The Balaban J connectivity index is 1.83. The van der Waals surface area contributed by atoms with Crippen LogP contribution in [0.15, 0.2) is 42.9 Å². The molecule has 4 rings (SSSR count). The fourth-order valence-electron chi connectivity index (χ4n) is 3.34. The minimum Gasteiger partial charge on any atom is -0.454 e. The molecular formula is C21H17F4N5O3. The number of halogens is 4. The summed E-state index contributed by atoms with van der Waals surface area (Å²) in [6, 6.07) is 2.85. The summed E-state index contributed by atoms with van der Waals surface area (Å²) in [5.41, 5.74) is -0.386. The lowest BCUT2D eigenvalue weighted by atomic mass is 10.1. The Morgan fingerprint density at radius 1 is 1.06 bits per heavy atom. The third kappa shape index (κ3) is 4.30. The van der Waals surface area contributed by atoms with Gasteiger partial charge in [-0.25, -0.2) is 27.5 Å². The molecule has 0 radical (unpaired) electrons. The molecule has 2 unspecified atom stereocenters. The van der Waals surface area contributed by atoms with Gasteiger partial charge in [0, 0.05) is 18.2 Å². The van der Waals surface area contributed by atoms with Gasteiger partial charge in [0.05, 0.1) is 30.3 Å². The fourth-order valence-corrected chi connectivity index (χ4v) is 3.34. The highest BCUT2D eigenvalue weighted by Gasteiger charge is 2.32. The zero-order valence-electron chi connectivity index (χ0n) is 17.0.